The number of nitrogens with one attached hydrogen (secondary N) is 1. The molecule has 0 spiro atoms. The summed E-state index contributed by atoms with van der Waals surface area (Å²) in [4.78, 5) is 20.5. The molecule has 4 heteroatoms. The maximum absolute atomic E-state index is 13.0. The molecule has 0 aliphatic carbocycles. The molecule has 0 radical (unpaired) electrons. The molecule has 1 N–H and O–H groups in total. The van der Waals surface area contributed by atoms with Crippen LogP contribution < -0.4 is 9.88 Å². The summed E-state index contributed by atoms with van der Waals surface area (Å²) >= 11 is 0. The quantitative estimate of drug-likeness (QED) is 0.728. The van der Waals surface area contributed by atoms with Crippen molar-refractivity contribution in [3.8, 4) is 0 Å². The third kappa shape index (κ3) is 2.71. The molecule has 1 fully saturated rings. The number of carbonyl (C=O) groups excluding carboxylic acids is 1. The summed E-state index contributed by atoms with van der Waals surface area (Å²) < 4.78 is 0. The number of amides is 1. The third-order valence-corrected chi connectivity index (χ3v) is 4.62. The zero-order valence-corrected chi connectivity index (χ0v) is 13.5. The van der Waals surface area contributed by atoms with Gasteiger partial charge in [0.25, 0.3) is 11.7 Å². The van der Waals surface area contributed by atoms with E-state index >= 15 is 0 Å². The minimum atomic E-state index is 0.128. The number of rotatable bonds is 2. The highest BCUT2D eigenvalue weighted by Gasteiger charge is 2.27. The minimum absolute atomic E-state index is 0.128. The van der Waals surface area contributed by atoms with Gasteiger partial charge in [-0.25, -0.2) is 4.98 Å². The van der Waals surface area contributed by atoms with Crippen molar-refractivity contribution in [2.45, 2.75) is 0 Å². The topological polar surface area (TPSA) is 37.7 Å². The standard InChI is InChI=1S/C20H19N3O/c24-20(18-9-5-7-16-6-1-2-8-17(16)18)23-14-12-22(13-15-23)19-10-3-4-11-21-19/h1-11H,12-15H2/p+1. The predicted octanol–water partition coefficient (Wildman–Crippen LogP) is 2.62. The number of fused-ring (bicyclic) bond motifs is 1. The van der Waals surface area contributed by atoms with Gasteiger partial charge in [-0.15, -0.1) is 0 Å². The predicted molar refractivity (Wildman–Crippen MR) is 95.1 cm³/mol. The van der Waals surface area contributed by atoms with Gasteiger partial charge < -0.3 is 4.90 Å². The molecule has 1 aromatic heterocycles. The van der Waals surface area contributed by atoms with Crippen molar-refractivity contribution in [2.24, 2.45) is 0 Å². The van der Waals surface area contributed by atoms with Gasteiger partial charge in [0, 0.05) is 11.6 Å². The first-order valence-electron chi connectivity index (χ1n) is 8.31. The lowest BCUT2D eigenvalue weighted by Crippen LogP contribution is -2.50. The van der Waals surface area contributed by atoms with Crippen LogP contribution in [0.5, 0.6) is 0 Å². The summed E-state index contributed by atoms with van der Waals surface area (Å²) in [5.41, 5.74) is 0.799. The fourth-order valence-electron chi connectivity index (χ4n) is 3.31. The van der Waals surface area contributed by atoms with E-state index in [4.69, 9.17) is 0 Å². The van der Waals surface area contributed by atoms with Crippen molar-refractivity contribution < 1.29 is 9.78 Å². The first-order valence-corrected chi connectivity index (χ1v) is 8.31. The number of piperazine rings is 1. The van der Waals surface area contributed by atoms with Gasteiger partial charge in [0.05, 0.1) is 19.3 Å². The molecule has 1 amide bonds. The first-order chi connectivity index (χ1) is 11.8. The molecule has 120 valence electrons. The molecule has 3 aromatic rings. The number of hydrogen-bond acceptors (Lipinski definition) is 2. The van der Waals surface area contributed by atoms with Crippen LogP contribution in [0.2, 0.25) is 0 Å². The molecule has 0 atom stereocenters. The van der Waals surface area contributed by atoms with Crippen molar-refractivity contribution in [2.75, 3.05) is 31.1 Å². The summed E-state index contributed by atoms with van der Waals surface area (Å²) in [6, 6.07) is 20.1. The van der Waals surface area contributed by atoms with Crippen LogP contribution in [-0.4, -0.2) is 37.0 Å². The highest BCUT2D eigenvalue weighted by Crippen LogP contribution is 2.21. The normalized spacial score (nSPS) is 14.8. The maximum Gasteiger partial charge on any atom is 0.274 e. The van der Waals surface area contributed by atoms with Crippen LogP contribution in [-0.2, 0) is 0 Å². The number of aromatic nitrogens is 1. The average Bonchev–Trinajstić information content (AvgIpc) is 2.68. The van der Waals surface area contributed by atoms with E-state index in [9.17, 15) is 4.79 Å². The zero-order chi connectivity index (χ0) is 16.4. The lowest BCUT2D eigenvalue weighted by Gasteiger charge is -2.31. The number of hydrogen-bond donors (Lipinski definition) is 0. The van der Waals surface area contributed by atoms with Gasteiger partial charge in [0.15, 0.2) is 0 Å². The SMILES string of the molecule is O=C(c1cccc2ccccc12)N1CCN(c2cccc[nH+]2)CC1. The molecule has 1 saturated heterocycles. The Bertz CT molecular complexity index is 850. The Morgan fingerprint density at radius 2 is 1.58 bits per heavy atom. The van der Waals surface area contributed by atoms with Gasteiger partial charge in [-0.1, -0.05) is 42.5 Å². The van der Waals surface area contributed by atoms with E-state index in [1.807, 2.05) is 53.6 Å². The molecule has 1 aliphatic heterocycles. The Kier molecular flexibility index (Phi) is 3.87. The number of anilines is 1. The first kappa shape index (κ1) is 14.7. The van der Waals surface area contributed by atoms with E-state index in [1.54, 1.807) is 0 Å². The van der Waals surface area contributed by atoms with Gasteiger partial charge in [0.2, 0.25) is 0 Å². The molecular formula is C20H20N3O+. The fourth-order valence-corrected chi connectivity index (χ4v) is 3.31. The molecule has 1 aliphatic rings. The second-order valence-electron chi connectivity index (χ2n) is 6.05. The van der Waals surface area contributed by atoms with Gasteiger partial charge in [-0.2, -0.15) is 0 Å². The molecule has 24 heavy (non-hydrogen) atoms. The van der Waals surface area contributed by atoms with Crippen LogP contribution in [0.15, 0.2) is 66.9 Å². The lowest BCUT2D eigenvalue weighted by atomic mass is 10.0. The minimum Gasteiger partial charge on any atom is -0.331 e. The van der Waals surface area contributed by atoms with Crippen molar-refractivity contribution >= 4 is 22.5 Å². The van der Waals surface area contributed by atoms with E-state index in [-0.39, 0.29) is 5.91 Å². The Balaban J connectivity index is 1.52. The van der Waals surface area contributed by atoms with Gasteiger partial charge in [0.1, 0.15) is 13.1 Å². The molecule has 0 saturated carbocycles. The smallest absolute Gasteiger partial charge is 0.274 e. The Morgan fingerprint density at radius 1 is 0.833 bits per heavy atom. The van der Waals surface area contributed by atoms with Crippen LogP contribution >= 0.6 is 0 Å². The largest absolute Gasteiger partial charge is 0.331 e. The highest BCUT2D eigenvalue weighted by atomic mass is 16.2. The Morgan fingerprint density at radius 3 is 2.38 bits per heavy atom. The van der Waals surface area contributed by atoms with Crippen LogP contribution in [0.1, 0.15) is 10.4 Å². The maximum atomic E-state index is 13.0. The second-order valence-corrected chi connectivity index (χ2v) is 6.05. The second kappa shape index (κ2) is 6.32. The van der Waals surface area contributed by atoms with Gasteiger partial charge in [-0.05, 0) is 22.9 Å². The van der Waals surface area contributed by atoms with Crippen LogP contribution in [0.4, 0.5) is 5.82 Å². The molecule has 4 nitrogen and oxygen atoms in total. The fraction of sp³-hybridized carbons (Fsp3) is 0.200. The Labute approximate surface area is 141 Å². The van der Waals surface area contributed by atoms with E-state index in [1.165, 1.54) is 0 Å². The third-order valence-electron chi connectivity index (χ3n) is 4.62. The van der Waals surface area contributed by atoms with Crippen LogP contribution in [0, 0.1) is 0 Å². The van der Waals surface area contributed by atoms with Crippen molar-refractivity contribution in [3.05, 3.63) is 72.4 Å². The van der Waals surface area contributed by atoms with E-state index in [0.717, 1.165) is 48.3 Å². The molecular weight excluding hydrogens is 298 g/mol. The number of aromatic amines is 1. The molecule has 2 aromatic carbocycles. The van der Waals surface area contributed by atoms with Gasteiger partial charge >= 0.3 is 0 Å². The van der Waals surface area contributed by atoms with E-state index < -0.39 is 0 Å². The highest BCUT2D eigenvalue weighted by molar-refractivity contribution is 6.07. The zero-order valence-electron chi connectivity index (χ0n) is 13.5. The summed E-state index contributed by atoms with van der Waals surface area (Å²) in [7, 11) is 0. The average molecular weight is 318 g/mol. The molecule has 0 bridgehead atoms. The summed E-state index contributed by atoms with van der Waals surface area (Å²) in [5, 5.41) is 2.14. The van der Waals surface area contributed by atoms with Crippen LogP contribution in [0.25, 0.3) is 10.8 Å². The molecule has 4 rings (SSSR count). The van der Waals surface area contributed by atoms with Crippen molar-refractivity contribution in [1.82, 2.24) is 4.90 Å². The molecule has 0 unspecified atom stereocenters. The summed E-state index contributed by atoms with van der Waals surface area (Å²) in [6.45, 7) is 3.17. The van der Waals surface area contributed by atoms with Crippen LogP contribution in [0.3, 0.4) is 0 Å². The lowest BCUT2D eigenvalue weighted by molar-refractivity contribution is -0.364. The number of H-pyrrole nitrogens is 1. The number of benzene rings is 2. The summed E-state index contributed by atoms with van der Waals surface area (Å²) in [5.74, 6) is 1.23. The number of pyridine rings is 1. The van der Waals surface area contributed by atoms with Gasteiger partial charge in [-0.3, -0.25) is 9.69 Å². The van der Waals surface area contributed by atoms with Crippen molar-refractivity contribution in [3.63, 3.8) is 0 Å². The van der Waals surface area contributed by atoms with E-state index in [0.29, 0.717) is 0 Å². The van der Waals surface area contributed by atoms with E-state index in [2.05, 4.69) is 28.1 Å². The molecule has 2 heterocycles. The monoisotopic (exact) mass is 318 g/mol. The Hall–Kier alpha value is -2.88. The number of nitrogens with zero attached hydrogens (tertiary/aromatic N) is 2. The van der Waals surface area contributed by atoms with Crippen molar-refractivity contribution in [1.29, 1.82) is 0 Å². The number of carbonyl (C=O) groups is 1. The summed E-state index contributed by atoms with van der Waals surface area (Å²) in [6.07, 6.45) is 1.93.